The molecule has 0 aromatic heterocycles. The number of hydrogen-bond donors (Lipinski definition) is 0. The van der Waals surface area contributed by atoms with E-state index in [1.807, 2.05) is 0 Å². The fraction of sp³-hybridized carbons (Fsp3) is 0. The third-order valence-electron chi connectivity index (χ3n) is 8.25. The summed E-state index contributed by atoms with van der Waals surface area (Å²) in [6.45, 7) is 0. The smallest absolute Gasteiger partial charge is 0.0703 e. The van der Waals surface area contributed by atoms with Crippen molar-refractivity contribution in [3.8, 4) is 22.3 Å². The van der Waals surface area contributed by atoms with Crippen molar-refractivity contribution in [2.45, 2.75) is 9.79 Å². The second-order valence-electron chi connectivity index (χ2n) is 11.1. The fourth-order valence-electron chi connectivity index (χ4n) is 6.31. The summed E-state index contributed by atoms with van der Waals surface area (Å²) in [5.41, 5.74) is 11.5. The highest BCUT2D eigenvalue weighted by Crippen LogP contribution is 2.57. The van der Waals surface area contributed by atoms with Crippen LogP contribution in [0.5, 0.6) is 0 Å². The molecule has 8 rings (SSSR count). The molecule has 0 saturated carbocycles. The third kappa shape index (κ3) is 5.30. The Morgan fingerprint density at radius 2 is 0.848 bits per heavy atom. The van der Waals surface area contributed by atoms with Gasteiger partial charge in [0.25, 0.3) is 0 Å². The molecule has 7 aromatic rings. The summed E-state index contributed by atoms with van der Waals surface area (Å²) in [5.74, 6) is 0. The maximum atomic E-state index is 3.84. The van der Waals surface area contributed by atoms with Crippen molar-refractivity contribution in [2.75, 3.05) is 9.80 Å². The van der Waals surface area contributed by atoms with Crippen molar-refractivity contribution in [3.63, 3.8) is 0 Å². The molecular formula is C42H29BrN2S. The van der Waals surface area contributed by atoms with Gasteiger partial charge in [0, 0.05) is 31.1 Å². The second-order valence-corrected chi connectivity index (χ2v) is 13.2. The Kier molecular flexibility index (Phi) is 7.67. The summed E-state index contributed by atoms with van der Waals surface area (Å²) >= 11 is 5.61. The molecule has 7 aromatic carbocycles. The van der Waals surface area contributed by atoms with Crippen LogP contribution in [0.3, 0.4) is 0 Å². The molecule has 4 heteroatoms. The molecule has 0 aliphatic carbocycles. The molecule has 1 aliphatic heterocycles. The van der Waals surface area contributed by atoms with E-state index < -0.39 is 0 Å². The maximum absolute atomic E-state index is 3.84. The standard InChI is InChI=1S/C42H29BrN2S/c43-32-27-33(29-35(28-32)46-34-19-8-3-9-20-34)44-38-23-10-12-25-40(38)45(41-26-13-11-24-39(41)44)42-36(30-15-4-1-5-16-30)21-14-22-37(42)31-17-6-2-7-18-31/h1-29H. The van der Waals surface area contributed by atoms with Crippen molar-refractivity contribution in [1.29, 1.82) is 0 Å². The number of halogens is 1. The average Bonchev–Trinajstić information content (AvgIpc) is 3.11. The highest BCUT2D eigenvalue weighted by molar-refractivity contribution is 9.10. The van der Waals surface area contributed by atoms with Crippen LogP contribution < -0.4 is 9.80 Å². The van der Waals surface area contributed by atoms with E-state index in [1.54, 1.807) is 11.8 Å². The second kappa shape index (κ2) is 12.4. The van der Waals surface area contributed by atoms with Gasteiger partial charge in [-0.25, -0.2) is 0 Å². The first-order chi connectivity index (χ1) is 22.7. The molecular weight excluding hydrogens is 644 g/mol. The molecule has 0 saturated heterocycles. The van der Waals surface area contributed by atoms with Crippen LogP contribution in [0.2, 0.25) is 0 Å². The molecule has 220 valence electrons. The predicted molar refractivity (Wildman–Crippen MR) is 199 cm³/mol. The van der Waals surface area contributed by atoms with Gasteiger partial charge >= 0.3 is 0 Å². The molecule has 0 spiro atoms. The maximum Gasteiger partial charge on any atom is 0.0703 e. The Morgan fingerprint density at radius 1 is 0.391 bits per heavy atom. The van der Waals surface area contributed by atoms with E-state index in [9.17, 15) is 0 Å². The van der Waals surface area contributed by atoms with Gasteiger partial charge in [0.15, 0.2) is 0 Å². The highest BCUT2D eigenvalue weighted by atomic mass is 79.9. The van der Waals surface area contributed by atoms with Crippen LogP contribution in [-0.2, 0) is 0 Å². The summed E-state index contributed by atoms with van der Waals surface area (Å²) in [6.07, 6.45) is 0. The van der Waals surface area contributed by atoms with Crippen molar-refractivity contribution in [2.24, 2.45) is 0 Å². The van der Waals surface area contributed by atoms with Crippen LogP contribution in [0.4, 0.5) is 34.1 Å². The topological polar surface area (TPSA) is 6.48 Å². The van der Waals surface area contributed by atoms with Gasteiger partial charge in [0.2, 0.25) is 0 Å². The highest BCUT2D eigenvalue weighted by Gasteiger charge is 2.33. The molecule has 0 fully saturated rings. The quantitative estimate of drug-likeness (QED) is 0.173. The van der Waals surface area contributed by atoms with E-state index in [0.29, 0.717) is 0 Å². The first-order valence-corrected chi connectivity index (χ1v) is 16.9. The van der Waals surface area contributed by atoms with E-state index >= 15 is 0 Å². The average molecular weight is 674 g/mol. The van der Waals surface area contributed by atoms with Gasteiger partial charge in [-0.15, -0.1) is 0 Å². The Balaban J connectivity index is 1.36. The van der Waals surface area contributed by atoms with E-state index in [0.717, 1.165) is 38.6 Å². The van der Waals surface area contributed by atoms with Crippen LogP contribution in [0.25, 0.3) is 22.3 Å². The van der Waals surface area contributed by atoms with E-state index in [2.05, 4.69) is 202 Å². The first kappa shape index (κ1) is 28.4. The van der Waals surface area contributed by atoms with Crippen molar-refractivity contribution >= 4 is 61.8 Å². The molecule has 2 nitrogen and oxygen atoms in total. The number of rotatable bonds is 6. The molecule has 0 bridgehead atoms. The lowest BCUT2D eigenvalue weighted by molar-refractivity contribution is 1.16. The molecule has 1 heterocycles. The number of nitrogens with zero attached hydrogens (tertiary/aromatic N) is 2. The molecule has 0 amide bonds. The molecule has 0 radical (unpaired) electrons. The third-order valence-corrected chi connectivity index (χ3v) is 9.69. The predicted octanol–water partition coefficient (Wildman–Crippen LogP) is 13.2. The molecule has 46 heavy (non-hydrogen) atoms. The van der Waals surface area contributed by atoms with Gasteiger partial charge in [-0.05, 0) is 65.7 Å². The zero-order chi connectivity index (χ0) is 30.9. The first-order valence-electron chi connectivity index (χ1n) is 15.3. The van der Waals surface area contributed by atoms with Gasteiger partial charge in [-0.3, -0.25) is 0 Å². The Hall–Kier alpha value is -5.03. The van der Waals surface area contributed by atoms with E-state index in [4.69, 9.17) is 0 Å². The molecule has 0 N–H and O–H groups in total. The number of benzene rings is 7. The SMILES string of the molecule is Brc1cc(Sc2ccccc2)cc(N2c3ccccc3N(c3c(-c4ccccc4)cccc3-c3ccccc3)c3ccccc32)c1. The zero-order valence-corrected chi connectivity index (χ0v) is 27.3. The van der Waals surface area contributed by atoms with Crippen LogP contribution in [0, 0.1) is 0 Å². The number of fused-ring (bicyclic) bond motifs is 2. The van der Waals surface area contributed by atoms with Gasteiger partial charge in [-0.2, -0.15) is 0 Å². The number of para-hydroxylation sites is 5. The summed E-state index contributed by atoms with van der Waals surface area (Å²) in [6, 6.07) is 62.9. The van der Waals surface area contributed by atoms with Crippen molar-refractivity contribution in [1.82, 2.24) is 0 Å². The van der Waals surface area contributed by atoms with E-state index in [-0.39, 0.29) is 0 Å². The van der Waals surface area contributed by atoms with Gasteiger partial charge in [-0.1, -0.05) is 149 Å². The summed E-state index contributed by atoms with van der Waals surface area (Å²) in [4.78, 5) is 7.24. The minimum Gasteiger partial charge on any atom is -0.306 e. The lowest BCUT2D eigenvalue weighted by atomic mass is 9.93. The van der Waals surface area contributed by atoms with Crippen LogP contribution in [0.15, 0.2) is 190 Å². The number of hydrogen-bond acceptors (Lipinski definition) is 3. The number of anilines is 6. The minimum absolute atomic E-state index is 1.04. The van der Waals surface area contributed by atoms with Gasteiger partial charge in [0.1, 0.15) is 0 Å². The summed E-state index contributed by atoms with van der Waals surface area (Å²) < 4.78 is 1.04. The molecule has 0 atom stereocenters. The Labute approximate surface area is 282 Å². The lowest BCUT2D eigenvalue weighted by Crippen LogP contribution is -2.24. The Morgan fingerprint density at radius 3 is 1.37 bits per heavy atom. The normalized spacial score (nSPS) is 12.0. The lowest BCUT2D eigenvalue weighted by Gasteiger charge is -2.41. The molecule has 1 aliphatic rings. The van der Waals surface area contributed by atoms with Crippen LogP contribution in [-0.4, -0.2) is 0 Å². The van der Waals surface area contributed by atoms with Crippen LogP contribution >= 0.6 is 27.7 Å². The monoisotopic (exact) mass is 672 g/mol. The van der Waals surface area contributed by atoms with Crippen LogP contribution in [0.1, 0.15) is 0 Å². The molecule has 0 unspecified atom stereocenters. The zero-order valence-electron chi connectivity index (χ0n) is 24.9. The largest absolute Gasteiger partial charge is 0.306 e. The Bertz CT molecular complexity index is 2040. The fourth-order valence-corrected chi connectivity index (χ4v) is 7.87. The van der Waals surface area contributed by atoms with Crippen molar-refractivity contribution in [3.05, 3.63) is 180 Å². The summed E-state index contributed by atoms with van der Waals surface area (Å²) in [7, 11) is 0. The van der Waals surface area contributed by atoms with Gasteiger partial charge in [0.05, 0.1) is 28.4 Å². The van der Waals surface area contributed by atoms with E-state index in [1.165, 1.54) is 32.0 Å². The van der Waals surface area contributed by atoms with Crippen molar-refractivity contribution < 1.29 is 0 Å². The van der Waals surface area contributed by atoms with Gasteiger partial charge < -0.3 is 9.80 Å². The summed E-state index contributed by atoms with van der Waals surface area (Å²) in [5, 5.41) is 0. The minimum atomic E-state index is 1.04.